The lowest BCUT2D eigenvalue weighted by molar-refractivity contribution is 0.357. The van der Waals surface area contributed by atoms with Gasteiger partial charge in [-0.1, -0.05) is 123 Å². The average Bonchev–Trinajstić information content (AvgIpc) is 3.00. The highest BCUT2D eigenvalue weighted by atomic mass is 35.5. The molecule has 4 rings (SSSR count). The van der Waals surface area contributed by atoms with Crippen molar-refractivity contribution in [3.8, 4) is 0 Å². The molecule has 0 radical (unpaired) electrons. The molecule has 0 spiro atoms. The molecule has 234 valence electrons. The molecule has 0 bridgehead atoms. The molecular weight excluding hydrogens is 542 g/mol. The third-order valence-electron chi connectivity index (χ3n) is 10.0. The number of nitrogens with zero attached hydrogens (tertiary/aromatic N) is 1. The summed E-state index contributed by atoms with van der Waals surface area (Å²) in [6.45, 7) is 16.8. The number of hydrogen-bond donors (Lipinski definition) is 0. The third-order valence-corrected chi connectivity index (χ3v) is 10.3. The van der Waals surface area contributed by atoms with E-state index < -0.39 is 0 Å². The Morgan fingerprint density at radius 1 is 0.721 bits per heavy atom. The maximum Gasteiger partial charge on any atom is 0.0502 e. The van der Waals surface area contributed by atoms with Crippen LogP contribution in [0.15, 0.2) is 60.7 Å². The van der Waals surface area contributed by atoms with Gasteiger partial charge in [-0.05, 0) is 102 Å². The van der Waals surface area contributed by atoms with E-state index in [0.29, 0.717) is 5.88 Å². The Bertz CT molecular complexity index is 1300. The molecule has 2 heteroatoms. The van der Waals surface area contributed by atoms with Gasteiger partial charge in [-0.3, -0.25) is 0 Å². The number of halogens is 1. The molecule has 43 heavy (non-hydrogen) atoms. The first-order valence-electron chi connectivity index (χ1n) is 17.4. The zero-order valence-electron chi connectivity index (χ0n) is 28.4. The lowest BCUT2D eigenvalue weighted by Gasteiger charge is -2.43. The summed E-state index contributed by atoms with van der Waals surface area (Å²) in [7, 11) is 0. The highest BCUT2D eigenvalue weighted by molar-refractivity contribution is 6.17. The second kappa shape index (κ2) is 15.2. The summed E-state index contributed by atoms with van der Waals surface area (Å²) < 4.78 is 0. The van der Waals surface area contributed by atoms with E-state index in [9.17, 15) is 0 Å². The van der Waals surface area contributed by atoms with Gasteiger partial charge < -0.3 is 4.90 Å². The highest BCUT2D eigenvalue weighted by Gasteiger charge is 2.38. The summed E-state index contributed by atoms with van der Waals surface area (Å²) in [5.41, 5.74) is 11.3. The molecule has 3 aromatic carbocycles. The Kier molecular flexibility index (Phi) is 11.9. The smallest absolute Gasteiger partial charge is 0.0502 e. The van der Waals surface area contributed by atoms with Crippen molar-refractivity contribution in [3.05, 3.63) is 88.5 Å². The Morgan fingerprint density at radius 2 is 1.35 bits per heavy atom. The van der Waals surface area contributed by atoms with Crippen LogP contribution in [0.3, 0.4) is 0 Å². The molecule has 3 aromatic rings. The van der Waals surface area contributed by atoms with Crippen LogP contribution in [0.5, 0.6) is 0 Å². The van der Waals surface area contributed by atoms with E-state index in [1.165, 1.54) is 109 Å². The number of unbranched alkanes of at least 4 members (excludes halogenated alkanes) is 4. The van der Waals surface area contributed by atoms with Gasteiger partial charge in [0.1, 0.15) is 0 Å². The molecule has 0 saturated carbocycles. The van der Waals surface area contributed by atoms with Gasteiger partial charge in [0.2, 0.25) is 0 Å². The zero-order valence-corrected chi connectivity index (χ0v) is 29.1. The van der Waals surface area contributed by atoms with Crippen molar-refractivity contribution in [2.24, 2.45) is 5.92 Å². The first-order chi connectivity index (χ1) is 20.6. The van der Waals surface area contributed by atoms with Crippen molar-refractivity contribution in [1.29, 1.82) is 0 Å². The first-order valence-corrected chi connectivity index (χ1v) is 17.9. The van der Waals surface area contributed by atoms with Crippen molar-refractivity contribution in [2.45, 2.75) is 136 Å². The SMILES string of the molecule is CCCCCCCc1ccc2c(c1)C(C)(C)c1cc(C(C)(CCC)CCC(C)C)ccc1N2c1ccc(CCCCl)cc1. The number of benzene rings is 3. The number of fused-ring (bicyclic) bond motifs is 2. The van der Waals surface area contributed by atoms with Gasteiger partial charge in [-0.2, -0.15) is 0 Å². The molecule has 0 N–H and O–H groups in total. The molecule has 1 aliphatic heterocycles. The lowest BCUT2D eigenvalue weighted by atomic mass is 9.69. The molecule has 1 unspecified atom stereocenters. The van der Waals surface area contributed by atoms with Gasteiger partial charge >= 0.3 is 0 Å². The molecule has 0 aromatic heterocycles. The van der Waals surface area contributed by atoms with Crippen molar-refractivity contribution in [3.63, 3.8) is 0 Å². The van der Waals surface area contributed by atoms with Crippen LogP contribution in [0.1, 0.15) is 140 Å². The lowest BCUT2D eigenvalue weighted by Crippen LogP contribution is -2.32. The summed E-state index contributed by atoms with van der Waals surface area (Å²) in [5, 5.41) is 0. The van der Waals surface area contributed by atoms with Crippen LogP contribution in [0.25, 0.3) is 0 Å². The second-order valence-corrected chi connectivity index (χ2v) is 14.8. The van der Waals surface area contributed by atoms with E-state index in [4.69, 9.17) is 11.6 Å². The van der Waals surface area contributed by atoms with Crippen LogP contribution in [0.4, 0.5) is 17.1 Å². The van der Waals surface area contributed by atoms with E-state index >= 15 is 0 Å². The third kappa shape index (κ3) is 7.89. The molecule has 0 aliphatic carbocycles. The standard InChI is InChI=1S/C41H58ClN/c1-8-10-11-12-13-15-33-19-23-38-36(29-33)40(5,6)37-30-34(41(7,26-9-2)27-25-31(3)4)20-24-39(37)43(38)35-21-17-32(18-22-35)16-14-28-42/h17-24,29-31H,8-16,25-28H2,1-7H3. The fourth-order valence-corrected chi connectivity index (χ4v) is 7.32. The summed E-state index contributed by atoms with van der Waals surface area (Å²) >= 11 is 6.00. The fraction of sp³-hybridized carbons (Fsp3) is 0.561. The molecule has 1 heterocycles. The predicted octanol–water partition coefficient (Wildman–Crippen LogP) is 13.0. The van der Waals surface area contributed by atoms with Crippen molar-refractivity contribution in [1.82, 2.24) is 0 Å². The molecule has 0 saturated heterocycles. The molecule has 1 nitrogen and oxygen atoms in total. The summed E-state index contributed by atoms with van der Waals surface area (Å²) in [6.07, 6.45) is 14.8. The van der Waals surface area contributed by atoms with Crippen molar-refractivity contribution < 1.29 is 0 Å². The van der Waals surface area contributed by atoms with Crippen LogP contribution < -0.4 is 4.90 Å². The molecule has 1 atom stereocenters. The Morgan fingerprint density at radius 3 is 2.00 bits per heavy atom. The Labute approximate surface area is 269 Å². The minimum absolute atomic E-state index is 0.0825. The normalized spacial score (nSPS) is 15.3. The Balaban J connectivity index is 1.80. The van der Waals surface area contributed by atoms with Gasteiger partial charge in [0.15, 0.2) is 0 Å². The van der Waals surface area contributed by atoms with Gasteiger partial charge in [-0.25, -0.2) is 0 Å². The quantitative estimate of drug-likeness (QED) is 0.117. The summed E-state index contributed by atoms with van der Waals surface area (Å²) in [5.74, 6) is 1.43. The minimum Gasteiger partial charge on any atom is -0.310 e. The monoisotopic (exact) mass is 599 g/mol. The Hall–Kier alpha value is -2.25. The van der Waals surface area contributed by atoms with Gasteiger partial charge in [0.25, 0.3) is 0 Å². The number of rotatable bonds is 16. The predicted molar refractivity (Wildman–Crippen MR) is 191 cm³/mol. The van der Waals surface area contributed by atoms with Crippen molar-refractivity contribution >= 4 is 28.7 Å². The van der Waals surface area contributed by atoms with Crippen LogP contribution in [-0.4, -0.2) is 5.88 Å². The highest BCUT2D eigenvalue weighted by Crippen LogP contribution is 2.53. The maximum atomic E-state index is 6.00. The first kappa shape index (κ1) is 33.6. The molecule has 0 amide bonds. The summed E-state index contributed by atoms with van der Waals surface area (Å²) in [6, 6.07) is 24.0. The van der Waals surface area contributed by atoms with E-state index in [1.54, 1.807) is 0 Å². The van der Waals surface area contributed by atoms with Gasteiger partial charge in [-0.15, -0.1) is 11.6 Å². The average molecular weight is 600 g/mol. The number of anilines is 3. The van der Waals surface area contributed by atoms with E-state index in [-0.39, 0.29) is 10.8 Å². The van der Waals surface area contributed by atoms with Crippen LogP contribution >= 0.6 is 11.6 Å². The molecule has 1 aliphatic rings. The van der Waals surface area contributed by atoms with Crippen LogP contribution in [-0.2, 0) is 23.7 Å². The van der Waals surface area contributed by atoms with E-state index in [2.05, 4.69) is 114 Å². The zero-order chi connectivity index (χ0) is 31.0. The number of aryl methyl sites for hydroxylation is 2. The van der Waals surface area contributed by atoms with Gasteiger partial charge in [0, 0.05) is 17.0 Å². The maximum absolute atomic E-state index is 6.00. The van der Waals surface area contributed by atoms with Crippen LogP contribution in [0, 0.1) is 5.92 Å². The molecule has 0 fully saturated rings. The fourth-order valence-electron chi connectivity index (χ4n) is 7.18. The molecular formula is C41H58ClN. The topological polar surface area (TPSA) is 3.24 Å². The van der Waals surface area contributed by atoms with E-state index in [1.807, 2.05) is 0 Å². The minimum atomic E-state index is -0.0825. The second-order valence-electron chi connectivity index (χ2n) is 14.4. The number of hydrogen-bond acceptors (Lipinski definition) is 1. The largest absolute Gasteiger partial charge is 0.310 e. The number of alkyl halides is 1. The van der Waals surface area contributed by atoms with Crippen LogP contribution in [0.2, 0.25) is 0 Å². The van der Waals surface area contributed by atoms with E-state index in [0.717, 1.165) is 18.8 Å². The van der Waals surface area contributed by atoms with Crippen molar-refractivity contribution in [2.75, 3.05) is 10.8 Å². The summed E-state index contributed by atoms with van der Waals surface area (Å²) in [4.78, 5) is 2.53. The van der Waals surface area contributed by atoms with Gasteiger partial charge in [0.05, 0.1) is 11.4 Å².